The van der Waals surface area contributed by atoms with Crippen molar-refractivity contribution >= 4 is 0 Å². The van der Waals surface area contributed by atoms with Gasteiger partial charge in [-0.2, -0.15) is 5.10 Å². The summed E-state index contributed by atoms with van der Waals surface area (Å²) in [5, 5.41) is 4.69. The topological polar surface area (TPSA) is 34.2 Å². The molecule has 0 amide bonds. The summed E-state index contributed by atoms with van der Waals surface area (Å²) < 4.78 is 20.3. The van der Waals surface area contributed by atoms with E-state index in [-0.39, 0.29) is 5.82 Å². The Labute approximate surface area is 134 Å². The van der Waals surface area contributed by atoms with E-state index in [4.69, 9.17) is 9.52 Å². The lowest BCUT2D eigenvalue weighted by atomic mass is 10.1. The van der Waals surface area contributed by atoms with Crippen LogP contribution in [0, 0.1) is 5.82 Å². The van der Waals surface area contributed by atoms with Crippen LogP contribution in [0.2, 0.25) is 0 Å². The molecular formula is C18H18FN3O. The maximum atomic E-state index is 13.1. The molecule has 0 saturated heterocycles. The molecular weight excluding hydrogens is 293 g/mol. The van der Waals surface area contributed by atoms with Crippen LogP contribution in [0.5, 0.6) is 0 Å². The van der Waals surface area contributed by atoms with E-state index in [9.17, 15) is 4.39 Å². The molecule has 3 heterocycles. The number of aromatic nitrogens is 2. The number of hydrogen-bond donors (Lipinski definition) is 0. The molecule has 118 valence electrons. The van der Waals surface area contributed by atoms with Crippen LogP contribution >= 0.6 is 0 Å². The van der Waals surface area contributed by atoms with Gasteiger partial charge in [-0.1, -0.05) is 0 Å². The lowest BCUT2D eigenvalue weighted by Gasteiger charge is -2.18. The van der Waals surface area contributed by atoms with Crippen molar-refractivity contribution in [1.29, 1.82) is 0 Å². The molecule has 1 aliphatic rings. The summed E-state index contributed by atoms with van der Waals surface area (Å²) in [6, 6.07) is 10.6. The molecule has 0 radical (unpaired) electrons. The fourth-order valence-corrected chi connectivity index (χ4v) is 3.07. The molecule has 0 unspecified atom stereocenters. The molecule has 2 aromatic heterocycles. The van der Waals surface area contributed by atoms with Crippen molar-refractivity contribution in [3.8, 4) is 11.3 Å². The second-order valence-corrected chi connectivity index (χ2v) is 5.95. The molecule has 3 aromatic rings. The Balaban J connectivity index is 1.56. The van der Waals surface area contributed by atoms with Gasteiger partial charge in [0, 0.05) is 37.3 Å². The monoisotopic (exact) mass is 311 g/mol. The van der Waals surface area contributed by atoms with Crippen LogP contribution in [0.3, 0.4) is 0 Å². The molecule has 1 aromatic carbocycles. The maximum Gasteiger partial charge on any atom is 0.123 e. The van der Waals surface area contributed by atoms with E-state index in [0.717, 1.165) is 43.9 Å². The number of benzene rings is 1. The second kappa shape index (κ2) is 6.01. The van der Waals surface area contributed by atoms with Gasteiger partial charge in [0.15, 0.2) is 0 Å². The van der Waals surface area contributed by atoms with Gasteiger partial charge in [0.1, 0.15) is 5.82 Å². The van der Waals surface area contributed by atoms with Gasteiger partial charge in [-0.25, -0.2) is 4.39 Å². The van der Waals surface area contributed by atoms with Crippen LogP contribution in [0.25, 0.3) is 11.3 Å². The normalized spacial score (nSPS) is 15.3. The zero-order chi connectivity index (χ0) is 15.6. The first-order valence-corrected chi connectivity index (χ1v) is 7.84. The highest BCUT2D eigenvalue weighted by atomic mass is 19.1. The third-order valence-electron chi connectivity index (χ3n) is 4.22. The summed E-state index contributed by atoms with van der Waals surface area (Å²) in [7, 11) is 0. The molecule has 5 heteroatoms. The number of aryl methyl sites for hydroxylation is 1. The van der Waals surface area contributed by atoms with E-state index < -0.39 is 0 Å². The number of nitrogens with zero attached hydrogens (tertiary/aromatic N) is 3. The van der Waals surface area contributed by atoms with Crippen LogP contribution in [0.1, 0.15) is 17.7 Å². The highest BCUT2D eigenvalue weighted by molar-refractivity contribution is 5.59. The zero-order valence-corrected chi connectivity index (χ0v) is 12.8. The summed E-state index contributed by atoms with van der Waals surface area (Å²) in [6.45, 7) is 3.70. The fourth-order valence-electron chi connectivity index (χ4n) is 3.07. The number of furan rings is 1. The second-order valence-electron chi connectivity index (χ2n) is 5.95. The Morgan fingerprint density at radius 2 is 2.00 bits per heavy atom. The molecule has 1 aliphatic heterocycles. The summed E-state index contributed by atoms with van der Waals surface area (Å²) in [6.07, 6.45) is 4.57. The van der Waals surface area contributed by atoms with E-state index in [1.165, 1.54) is 23.4 Å². The van der Waals surface area contributed by atoms with E-state index in [1.807, 2.05) is 6.07 Å². The van der Waals surface area contributed by atoms with E-state index >= 15 is 0 Å². The van der Waals surface area contributed by atoms with Gasteiger partial charge in [-0.05, 0) is 42.8 Å². The first-order chi connectivity index (χ1) is 11.3. The van der Waals surface area contributed by atoms with Gasteiger partial charge < -0.3 is 4.42 Å². The summed E-state index contributed by atoms with van der Waals surface area (Å²) in [5.74, 6) is -0.221. The van der Waals surface area contributed by atoms with E-state index in [1.54, 1.807) is 24.7 Å². The van der Waals surface area contributed by atoms with Crippen molar-refractivity contribution < 1.29 is 8.81 Å². The maximum absolute atomic E-state index is 13.1. The van der Waals surface area contributed by atoms with Crippen LogP contribution in [0.15, 0.2) is 53.3 Å². The number of rotatable bonds is 3. The van der Waals surface area contributed by atoms with Crippen LogP contribution < -0.4 is 0 Å². The van der Waals surface area contributed by atoms with Gasteiger partial charge >= 0.3 is 0 Å². The van der Waals surface area contributed by atoms with Gasteiger partial charge in [0.25, 0.3) is 0 Å². The van der Waals surface area contributed by atoms with Crippen LogP contribution in [-0.2, 0) is 19.6 Å². The highest BCUT2D eigenvalue weighted by Crippen LogP contribution is 2.23. The van der Waals surface area contributed by atoms with Crippen molar-refractivity contribution in [3.63, 3.8) is 0 Å². The SMILES string of the molecule is Fc1ccc(-c2cc3n(n2)CCCN(Cc2ccoc2)C3)cc1. The Kier molecular flexibility index (Phi) is 3.71. The van der Waals surface area contributed by atoms with Crippen LogP contribution in [0.4, 0.5) is 4.39 Å². The smallest absolute Gasteiger partial charge is 0.123 e. The molecule has 0 N–H and O–H groups in total. The first kappa shape index (κ1) is 14.2. The van der Waals surface area contributed by atoms with Crippen molar-refractivity contribution in [3.05, 3.63) is 66.0 Å². The standard InChI is InChI=1S/C18H18FN3O/c19-16-4-2-15(3-5-16)18-10-17-12-21(7-1-8-22(17)20-18)11-14-6-9-23-13-14/h2-6,9-10,13H,1,7-8,11-12H2. The third-order valence-corrected chi connectivity index (χ3v) is 4.22. The average Bonchev–Trinajstić information content (AvgIpc) is 3.15. The highest BCUT2D eigenvalue weighted by Gasteiger charge is 2.17. The average molecular weight is 311 g/mol. The Morgan fingerprint density at radius 1 is 1.13 bits per heavy atom. The lowest BCUT2D eigenvalue weighted by Crippen LogP contribution is -2.22. The third kappa shape index (κ3) is 3.05. The fraction of sp³-hybridized carbons (Fsp3) is 0.278. The van der Waals surface area contributed by atoms with Gasteiger partial charge in [0.05, 0.1) is 23.9 Å². The van der Waals surface area contributed by atoms with E-state index in [2.05, 4.69) is 15.6 Å². The molecule has 0 aliphatic carbocycles. The predicted molar refractivity (Wildman–Crippen MR) is 85.1 cm³/mol. The van der Waals surface area contributed by atoms with Crippen molar-refractivity contribution in [2.75, 3.05) is 6.54 Å². The largest absolute Gasteiger partial charge is 0.472 e. The zero-order valence-electron chi connectivity index (χ0n) is 12.8. The molecule has 23 heavy (non-hydrogen) atoms. The molecule has 4 nitrogen and oxygen atoms in total. The quantitative estimate of drug-likeness (QED) is 0.740. The minimum Gasteiger partial charge on any atom is -0.472 e. The lowest BCUT2D eigenvalue weighted by molar-refractivity contribution is 0.260. The van der Waals surface area contributed by atoms with Crippen molar-refractivity contribution in [2.45, 2.75) is 26.1 Å². The number of hydrogen-bond acceptors (Lipinski definition) is 3. The Hall–Kier alpha value is -2.40. The van der Waals surface area contributed by atoms with Crippen LogP contribution in [-0.4, -0.2) is 21.2 Å². The van der Waals surface area contributed by atoms with Gasteiger partial charge in [-0.3, -0.25) is 9.58 Å². The minimum atomic E-state index is -0.221. The summed E-state index contributed by atoms with van der Waals surface area (Å²) >= 11 is 0. The van der Waals surface area contributed by atoms with Crippen molar-refractivity contribution in [1.82, 2.24) is 14.7 Å². The minimum absolute atomic E-state index is 0.221. The number of halogens is 1. The number of fused-ring (bicyclic) bond motifs is 1. The Bertz CT molecular complexity index is 777. The molecule has 0 spiro atoms. The molecule has 0 fully saturated rings. The molecule has 0 bridgehead atoms. The first-order valence-electron chi connectivity index (χ1n) is 7.84. The summed E-state index contributed by atoms with van der Waals surface area (Å²) in [5.41, 5.74) is 4.25. The molecule has 0 saturated carbocycles. The summed E-state index contributed by atoms with van der Waals surface area (Å²) in [4.78, 5) is 2.40. The van der Waals surface area contributed by atoms with Gasteiger partial charge in [0.2, 0.25) is 0 Å². The van der Waals surface area contributed by atoms with Crippen molar-refractivity contribution in [2.24, 2.45) is 0 Å². The molecule has 0 atom stereocenters. The van der Waals surface area contributed by atoms with E-state index in [0.29, 0.717) is 0 Å². The van der Waals surface area contributed by atoms with Gasteiger partial charge in [-0.15, -0.1) is 0 Å². The predicted octanol–water partition coefficient (Wildman–Crippen LogP) is 3.69. The Morgan fingerprint density at radius 3 is 2.78 bits per heavy atom. The molecule has 4 rings (SSSR count).